The Balaban J connectivity index is 0.00000154. The first kappa shape index (κ1) is 30.6. The van der Waals surface area contributed by atoms with E-state index in [0.29, 0.717) is 23.0 Å². The van der Waals surface area contributed by atoms with Crippen LogP contribution < -0.4 is 0 Å². The van der Waals surface area contributed by atoms with Crippen molar-refractivity contribution in [3.05, 3.63) is 97.6 Å². The van der Waals surface area contributed by atoms with Crippen LogP contribution in [0.5, 0.6) is 0 Å². The van der Waals surface area contributed by atoms with Gasteiger partial charge in [-0.15, -0.1) is 13.2 Å². The normalized spacial score (nSPS) is 12.7. The topological polar surface area (TPSA) is 41.3 Å². The number of rotatable bonds is 9. The fraction of sp³-hybridized carbons (Fsp3) is 0.321. The summed E-state index contributed by atoms with van der Waals surface area (Å²) in [6.45, 7) is 14.6. The van der Waals surface area contributed by atoms with Gasteiger partial charge >= 0.3 is 6.18 Å². The minimum absolute atomic E-state index is 0.122. The highest BCUT2D eigenvalue weighted by Gasteiger charge is 2.55. The maximum absolute atomic E-state index is 14.1. The Morgan fingerprint density at radius 2 is 1.64 bits per heavy atom. The van der Waals surface area contributed by atoms with E-state index >= 15 is 0 Å². The molecule has 1 heterocycles. The molecule has 36 heavy (non-hydrogen) atoms. The number of alkyl halides is 3. The van der Waals surface area contributed by atoms with E-state index in [1.165, 1.54) is 70.5 Å². The molecule has 1 N–H and O–H groups in total. The Bertz CT molecular complexity index is 1120. The van der Waals surface area contributed by atoms with Crippen LogP contribution in [-0.4, -0.2) is 39.1 Å². The number of hydrogen-bond acceptors (Lipinski definition) is 3. The molecule has 0 bridgehead atoms. The van der Waals surface area contributed by atoms with E-state index in [1.54, 1.807) is 12.2 Å². The number of benzene rings is 2. The number of nitrogens with zero attached hydrogens (tertiary/aromatic N) is 3. The Morgan fingerprint density at radius 1 is 1.00 bits per heavy atom. The first-order valence-corrected chi connectivity index (χ1v) is 11.9. The summed E-state index contributed by atoms with van der Waals surface area (Å²) in [7, 11) is 0. The summed E-state index contributed by atoms with van der Waals surface area (Å²) >= 11 is 0. The SMILES string of the molecule is C=CC/C=C\N(CC=C)CC(O)(c1ccc2c(cnn2-c2ccc(F)cc2)c1)C(F)(F)F.CC.CC. The molecular weight excluding hydrogens is 470 g/mol. The number of fused-ring (bicyclic) bond motifs is 1. The van der Waals surface area contributed by atoms with Gasteiger partial charge in [0.2, 0.25) is 5.60 Å². The van der Waals surface area contributed by atoms with Crippen molar-refractivity contribution in [1.29, 1.82) is 0 Å². The van der Waals surface area contributed by atoms with Crippen LogP contribution in [0.25, 0.3) is 16.6 Å². The van der Waals surface area contributed by atoms with E-state index in [9.17, 15) is 22.7 Å². The fourth-order valence-corrected chi connectivity index (χ4v) is 3.37. The zero-order valence-corrected chi connectivity index (χ0v) is 21.3. The van der Waals surface area contributed by atoms with Crippen LogP contribution in [0.15, 0.2) is 86.2 Å². The molecule has 3 rings (SSSR count). The molecule has 0 spiro atoms. The second-order valence-corrected chi connectivity index (χ2v) is 7.29. The number of aromatic nitrogens is 2. The lowest BCUT2D eigenvalue weighted by molar-refractivity contribution is -0.269. The Kier molecular flexibility index (Phi) is 12.1. The third kappa shape index (κ3) is 7.31. The van der Waals surface area contributed by atoms with Crippen LogP contribution in [0.2, 0.25) is 0 Å². The molecule has 0 saturated heterocycles. The molecule has 0 saturated carbocycles. The van der Waals surface area contributed by atoms with E-state index in [0.717, 1.165) is 0 Å². The lowest BCUT2D eigenvalue weighted by atomic mass is 9.91. The summed E-state index contributed by atoms with van der Waals surface area (Å²) in [5.74, 6) is -0.408. The van der Waals surface area contributed by atoms with E-state index < -0.39 is 24.1 Å². The van der Waals surface area contributed by atoms with Gasteiger partial charge in [0.15, 0.2) is 0 Å². The van der Waals surface area contributed by atoms with Crippen molar-refractivity contribution in [2.75, 3.05) is 13.1 Å². The van der Waals surface area contributed by atoms with Gasteiger partial charge in [0, 0.05) is 11.9 Å². The predicted octanol–water partition coefficient (Wildman–Crippen LogP) is 7.54. The standard InChI is InChI=1S/C24H23F4N3O.2C2H6/c1-3-5-6-14-30(13-4-2)17-23(32,24(26,27)28)19-7-12-22-18(15-19)16-29-31(22)21-10-8-20(25)9-11-21;2*1-2/h3-4,6-12,14-16,32H,1-2,5,13,17H2;2*1-2H3/b14-6-;;. The molecule has 1 unspecified atom stereocenters. The molecule has 8 heteroatoms. The summed E-state index contributed by atoms with van der Waals surface area (Å²) in [5, 5.41) is 15.5. The van der Waals surface area contributed by atoms with Crippen LogP contribution in [0.3, 0.4) is 0 Å². The number of hydrogen-bond donors (Lipinski definition) is 1. The van der Waals surface area contributed by atoms with Gasteiger partial charge in [0.1, 0.15) is 5.82 Å². The van der Waals surface area contributed by atoms with Crippen molar-refractivity contribution in [2.24, 2.45) is 0 Å². The number of halogens is 4. The van der Waals surface area contributed by atoms with Gasteiger partial charge in [-0.1, -0.05) is 52.0 Å². The summed E-state index contributed by atoms with van der Waals surface area (Å²) in [5.41, 5.74) is -2.34. The molecule has 0 radical (unpaired) electrons. The van der Waals surface area contributed by atoms with Crippen LogP contribution in [0.1, 0.15) is 39.7 Å². The molecule has 1 aromatic heterocycles. The molecule has 1 atom stereocenters. The van der Waals surface area contributed by atoms with E-state index in [4.69, 9.17) is 0 Å². The summed E-state index contributed by atoms with van der Waals surface area (Å²) < 4.78 is 57.0. The highest BCUT2D eigenvalue weighted by atomic mass is 19.4. The molecule has 0 aliphatic carbocycles. The highest BCUT2D eigenvalue weighted by Crippen LogP contribution is 2.40. The van der Waals surface area contributed by atoms with E-state index in [-0.39, 0.29) is 12.1 Å². The van der Waals surface area contributed by atoms with Crippen LogP contribution in [0.4, 0.5) is 17.6 Å². The maximum atomic E-state index is 14.1. The molecule has 0 fully saturated rings. The van der Waals surface area contributed by atoms with Crippen molar-refractivity contribution in [3.63, 3.8) is 0 Å². The Hall–Kier alpha value is -3.39. The van der Waals surface area contributed by atoms with E-state index in [1.807, 2.05) is 27.7 Å². The third-order valence-corrected chi connectivity index (χ3v) is 5.00. The van der Waals surface area contributed by atoms with Crippen molar-refractivity contribution in [1.82, 2.24) is 14.7 Å². The summed E-state index contributed by atoms with van der Waals surface area (Å²) in [4.78, 5) is 1.34. The Labute approximate surface area is 210 Å². The minimum atomic E-state index is -4.93. The molecule has 0 aliphatic heterocycles. The van der Waals surface area contributed by atoms with Crippen molar-refractivity contribution >= 4 is 10.9 Å². The molecule has 0 amide bonds. The number of aliphatic hydroxyl groups is 1. The van der Waals surface area contributed by atoms with Gasteiger partial charge in [-0.25, -0.2) is 9.07 Å². The van der Waals surface area contributed by atoms with Crippen molar-refractivity contribution in [2.45, 2.75) is 45.9 Å². The molecule has 3 aromatic rings. The van der Waals surface area contributed by atoms with Gasteiger partial charge < -0.3 is 10.0 Å². The quantitative estimate of drug-likeness (QED) is 0.241. The zero-order valence-electron chi connectivity index (χ0n) is 21.3. The summed E-state index contributed by atoms with van der Waals surface area (Å²) in [6, 6.07) is 9.55. The number of allylic oxidation sites excluding steroid dienone is 2. The van der Waals surface area contributed by atoms with Crippen LogP contribution >= 0.6 is 0 Å². The lowest BCUT2D eigenvalue weighted by Gasteiger charge is -2.35. The second kappa shape index (κ2) is 14.2. The van der Waals surface area contributed by atoms with Gasteiger partial charge in [-0.05, 0) is 54.6 Å². The van der Waals surface area contributed by atoms with E-state index in [2.05, 4.69) is 18.3 Å². The van der Waals surface area contributed by atoms with Crippen molar-refractivity contribution in [3.8, 4) is 5.69 Å². The van der Waals surface area contributed by atoms with Crippen LogP contribution in [-0.2, 0) is 5.60 Å². The van der Waals surface area contributed by atoms with Gasteiger partial charge in [-0.3, -0.25) is 0 Å². The molecule has 4 nitrogen and oxygen atoms in total. The van der Waals surface area contributed by atoms with Crippen molar-refractivity contribution < 1.29 is 22.7 Å². The first-order valence-electron chi connectivity index (χ1n) is 11.9. The average Bonchev–Trinajstić information content (AvgIpc) is 3.30. The highest BCUT2D eigenvalue weighted by molar-refractivity contribution is 5.81. The fourth-order valence-electron chi connectivity index (χ4n) is 3.37. The largest absolute Gasteiger partial charge is 0.423 e. The lowest BCUT2D eigenvalue weighted by Crippen LogP contribution is -2.50. The summed E-state index contributed by atoms with van der Waals surface area (Å²) in [6.07, 6.45) is 3.18. The average molecular weight is 506 g/mol. The van der Waals surface area contributed by atoms with Gasteiger partial charge in [0.25, 0.3) is 0 Å². The van der Waals surface area contributed by atoms with Gasteiger partial charge in [0.05, 0.1) is 23.9 Å². The second-order valence-electron chi connectivity index (χ2n) is 7.29. The third-order valence-electron chi connectivity index (χ3n) is 5.00. The predicted molar refractivity (Wildman–Crippen MR) is 139 cm³/mol. The first-order chi connectivity index (χ1) is 17.2. The molecule has 2 aromatic carbocycles. The molecule has 196 valence electrons. The maximum Gasteiger partial charge on any atom is 0.423 e. The molecule has 0 aliphatic rings. The minimum Gasteiger partial charge on any atom is -0.375 e. The smallest absolute Gasteiger partial charge is 0.375 e. The zero-order chi connectivity index (χ0) is 27.4. The van der Waals surface area contributed by atoms with Crippen LogP contribution in [0, 0.1) is 5.82 Å². The van der Waals surface area contributed by atoms with Gasteiger partial charge in [-0.2, -0.15) is 18.3 Å². The monoisotopic (exact) mass is 505 g/mol. The Morgan fingerprint density at radius 3 is 2.19 bits per heavy atom. The molecular formula is C28H35F4N3O.